The second-order valence-corrected chi connectivity index (χ2v) is 7.01. The van der Waals surface area contributed by atoms with E-state index < -0.39 is 0 Å². The minimum absolute atomic E-state index is 0.0500. The van der Waals surface area contributed by atoms with E-state index in [0.29, 0.717) is 37.7 Å². The highest BCUT2D eigenvalue weighted by Gasteiger charge is 2.38. The summed E-state index contributed by atoms with van der Waals surface area (Å²) in [7, 11) is 1.91. The third kappa shape index (κ3) is 3.62. The Balaban J connectivity index is 1.84. The van der Waals surface area contributed by atoms with Crippen molar-refractivity contribution >= 4 is 5.91 Å². The first kappa shape index (κ1) is 18.5. The number of aryl methyl sites for hydroxylation is 4. The highest BCUT2D eigenvalue weighted by Crippen LogP contribution is 2.33. The smallest absolute Gasteiger partial charge is 0.274 e. The summed E-state index contributed by atoms with van der Waals surface area (Å²) >= 11 is 0. The molecule has 0 unspecified atom stereocenters. The van der Waals surface area contributed by atoms with Crippen LogP contribution < -0.4 is 0 Å². The van der Waals surface area contributed by atoms with E-state index in [2.05, 4.69) is 15.1 Å². The van der Waals surface area contributed by atoms with Crippen LogP contribution in [0.3, 0.4) is 0 Å². The van der Waals surface area contributed by atoms with Crippen LogP contribution in [0.25, 0.3) is 0 Å². The molecule has 7 nitrogen and oxygen atoms in total. The molecule has 2 aromatic heterocycles. The summed E-state index contributed by atoms with van der Waals surface area (Å²) in [6.45, 7) is 10.3. The van der Waals surface area contributed by atoms with Gasteiger partial charge in [0.25, 0.3) is 5.91 Å². The second-order valence-electron chi connectivity index (χ2n) is 7.01. The minimum atomic E-state index is -0.0500. The number of carbonyl (C=O) groups excluding carboxylic acids is 1. The molecule has 3 heterocycles. The van der Waals surface area contributed by atoms with Crippen molar-refractivity contribution < 1.29 is 9.53 Å². The molecule has 1 saturated heterocycles. The highest BCUT2D eigenvalue weighted by atomic mass is 16.5. The summed E-state index contributed by atoms with van der Waals surface area (Å²) < 4.78 is 7.48. The van der Waals surface area contributed by atoms with Gasteiger partial charge in [0.15, 0.2) is 0 Å². The fourth-order valence-electron chi connectivity index (χ4n) is 3.55. The normalized spacial score (nSPS) is 20.0. The van der Waals surface area contributed by atoms with Crippen LogP contribution in [-0.4, -0.2) is 56.9 Å². The monoisotopic (exact) mass is 357 g/mol. The predicted molar refractivity (Wildman–Crippen MR) is 98.1 cm³/mol. The number of carbonyl (C=O) groups is 1. The third-order valence-electron chi connectivity index (χ3n) is 5.10. The van der Waals surface area contributed by atoms with E-state index in [1.54, 1.807) is 4.68 Å². The van der Waals surface area contributed by atoms with Gasteiger partial charge in [0, 0.05) is 44.8 Å². The van der Waals surface area contributed by atoms with Gasteiger partial charge in [-0.25, -0.2) is 4.98 Å². The van der Waals surface area contributed by atoms with Crippen LogP contribution in [0, 0.1) is 26.7 Å². The van der Waals surface area contributed by atoms with E-state index in [0.717, 1.165) is 17.0 Å². The minimum Gasteiger partial charge on any atom is -0.381 e. The number of hydrogen-bond acceptors (Lipinski definition) is 5. The Morgan fingerprint density at radius 1 is 1.19 bits per heavy atom. The Hall–Kier alpha value is -2.28. The molecule has 0 bridgehead atoms. The van der Waals surface area contributed by atoms with E-state index in [4.69, 9.17) is 4.74 Å². The maximum absolute atomic E-state index is 13.1. The molecule has 26 heavy (non-hydrogen) atoms. The lowest BCUT2D eigenvalue weighted by Gasteiger charge is -2.17. The van der Waals surface area contributed by atoms with Crippen LogP contribution in [0.1, 0.15) is 46.0 Å². The average molecular weight is 357 g/mol. The van der Waals surface area contributed by atoms with E-state index in [-0.39, 0.29) is 17.7 Å². The second kappa shape index (κ2) is 7.53. The van der Waals surface area contributed by atoms with Crippen LogP contribution in [-0.2, 0) is 11.8 Å². The van der Waals surface area contributed by atoms with Gasteiger partial charge in [0.1, 0.15) is 5.69 Å². The van der Waals surface area contributed by atoms with Crippen LogP contribution in [0.4, 0.5) is 0 Å². The lowest BCUT2D eigenvalue weighted by molar-refractivity contribution is 0.0755. The van der Waals surface area contributed by atoms with Gasteiger partial charge < -0.3 is 9.64 Å². The van der Waals surface area contributed by atoms with Crippen LogP contribution in [0.5, 0.6) is 0 Å². The zero-order valence-electron chi connectivity index (χ0n) is 16.2. The van der Waals surface area contributed by atoms with Crippen molar-refractivity contribution in [2.75, 3.05) is 26.3 Å². The Labute approximate surface area is 154 Å². The largest absolute Gasteiger partial charge is 0.381 e. The number of aromatic nitrogens is 4. The van der Waals surface area contributed by atoms with Gasteiger partial charge in [-0.05, 0) is 33.3 Å². The zero-order chi connectivity index (χ0) is 18.8. The standard InChI is InChI=1S/C19H27N5O2/c1-6-26-11-16-9-24(10-17(16)15-7-20-23(5)8-15)19(25)18-14(4)21-12(2)13(3)22-18/h7-8,16-17H,6,9-11H2,1-5H3/t16-,17-/m0/s1. The Morgan fingerprint density at radius 2 is 1.92 bits per heavy atom. The molecule has 0 spiro atoms. The molecule has 1 aliphatic rings. The van der Waals surface area contributed by atoms with Gasteiger partial charge in [-0.1, -0.05) is 0 Å². The molecule has 0 N–H and O–H groups in total. The van der Waals surface area contributed by atoms with Gasteiger partial charge in [0.05, 0.1) is 29.9 Å². The maximum Gasteiger partial charge on any atom is 0.274 e. The summed E-state index contributed by atoms with van der Waals surface area (Å²) in [5.41, 5.74) is 3.95. The lowest BCUT2D eigenvalue weighted by atomic mass is 9.92. The third-order valence-corrected chi connectivity index (χ3v) is 5.10. The first-order valence-electron chi connectivity index (χ1n) is 9.08. The van der Waals surface area contributed by atoms with E-state index in [9.17, 15) is 4.79 Å². The zero-order valence-corrected chi connectivity index (χ0v) is 16.2. The van der Waals surface area contributed by atoms with Crippen molar-refractivity contribution in [1.29, 1.82) is 0 Å². The van der Waals surface area contributed by atoms with Crippen LogP contribution in [0.2, 0.25) is 0 Å². The first-order chi connectivity index (χ1) is 12.4. The van der Waals surface area contributed by atoms with Crippen molar-refractivity contribution in [1.82, 2.24) is 24.6 Å². The fraction of sp³-hybridized carbons (Fsp3) is 0.579. The van der Waals surface area contributed by atoms with Crippen molar-refractivity contribution in [2.45, 2.75) is 33.6 Å². The summed E-state index contributed by atoms with van der Waals surface area (Å²) in [6.07, 6.45) is 3.91. The number of rotatable bonds is 5. The first-order valence-corrected chi connectivity index (χ1v) is 9.08. The highest BCUT2D eigenvalue weighted by molar-refractivity contribution is 5.93. The number of hydrogen-bond donors (Lipinski definition) is 0. The van der Waals surface area contributed by atoms with Gasteiger partial charge >= 0.3 is 0 Å². The molecule has 2 atom stereocenters. The van der Waals surface area contributed by atoms with Gasteiger partial charge in [-0.3, -0.25) is 14.5 Å². The maximum atomic E-state index is 13.1. The topological polar surface area (TPSA) is 73.1 Å². The Morgan fingerprint density at radius 3 is 2.58 bits per heavy atom. The number of amides is 1. The molecule has 1 fully saturated rings. The molecular weight excluding hydrogens is 330 g/mol. The van der Waals surface area contributed by atoms with Crippen molar-refractivity contribution in [3.8, 4) is 0 Å². The van der Waals surface area contributed by atoms with E-state index in [1.807, 2.05) is 52.0 Å². The lowest BCUT2D eigenvalue weighted by Crippen LogP contribution is -2.31. The van der Waals surface area contributed by atoms with Crippen LogP contribution in [0.15, 0.2) is 12.4 Å². The predicted octanol–water partition coefficient (Wildman–Crippen LogP) is 2.03. The molecule has 0 radical (unpaired) electrons. The molecule has 140 valence electrons. The SMILES string of the molecule is CCOC[C@@H]1CN(C(=O)c2nc(C)c(C)nc2C)C[C@H]1c1cnn(C)c1. The number of nitrogens with zero attached hydrogens (tertiary/aromatic N) is 5. The van der Waals surface area contributed by atoms with E-state index >= 15 is 0 Å². The number of likely N-dealkylation sites (tertiary alicyclic amines) is 1. The van der Waals surface area contributed by atoms with E-state index in [1.165, 1.54) is 0 Å². The molecule has 2 aromatic rings. The summed E-state index contributed by atoms with van der Waals surface area (Å²) in [4.78, 5) is 23.9. The van der Waals surface area contributed by atoms with Gasteiger partial charge in [-0.2, -0.15) is 5.10 Å². The quantitative estimate of drug-likeness (QED) is 0.819. The molecule has 7 heteroatoms. The van der Waals surface area contributed by atoms with Crippen molar-refractivity contribution in [2.24, 2.45) is 13.0 Å². The molecular formula is C19H27N5O2. The molecule has 0 aromatic carbocycles. The summed E-state index contributed by atoms with van der Waals surface area (Å²) in [6, 6.07) is 0. The van der Waals surface area contributed by atoms with Gasteiger partial charge in [-0.15, -0.1) is 0 Å². The average Bonchev–Trinajstić information content (AvgIpc) is 3.21. The van der Waals surface area contributed by atoms with Crippen molar-refractivity contribution in [3.63, 3.8) is 0 Å². The summed E-state index contributed by atoms with van der Waals surface area (Å²) in [5.74, 6) is 0.424. The molecule has 0 saturated carbocycles. The Bertz CT molecular complexity index is 801. The molecule has 1 amide bonds. The Kier molecular flexibility index (Phi) is 5.36. The van der Waals surface area contributed by atoms with Crippen LogP contribution >= 0.6 is 0 Å². The van der Waals surface area contributed by atoms with Gasteiger partial charge in [0.2, 0.25) is 0 Å². The van der Waals surface area contributed by atoms with Crippen molar-refractivity contribution in [3.05, 3.63) is 40.7 Å². The molecule has 1 aliphatic heterocycles. The number of ether oxygens (including phenoxy) is 1. The summed E-state index contributed by atoms with van der Waals surface area (Å²) in [5, 5.41) is 4.29. The molecule has 3 rings (SSSR count). The fourth-order valence-corrected chi connectivity index (χ4v) is 3.55. The molecule has 0 aliphatic carbocycles.